The molecule has 2 aromatic rings. The van der Waals surface area contributed by atoms with Crippen LogP contribution in [0, 0.1) is 5.82 Å². The lowest BCUT2D eigenvalue weighted by molar-refractivity contribution is 0.0945. The van der Waals surface area contributed by atoms with Gasteiger partial charge in [-0.1, -0.05) is 32.0 Å². The van der Waals surface area contributed by atoms with E-state index in [1.807, 2.05) is 44.2 Å². The fourth-order valence-corrected chi connectivity index (χ4v) is 3.15. The first-order valence-electron chi connectivity index (χ1n) is 8.93. The van der Waals surface area contributed by atoms with Crippen LogP contribution >= 0.6 is 0 Å². The molecule has 1 aliphatic rings. The zero-order valence-corrected chi connectivity index (χ0v) is 15.3. The fourth-order valence-electron chi connectivity index (χ4n) is 3.15. The molecule has 0 aromatic heterocycles. The average Bonchev–Trinajstić information content (AvgIpc) is 2.67. The van der Waals surface area contributed by atoms with Crippen molar-refractivity contribution in [3.05, 3.63) is 65.5 Å². The van der Waals surface area contributed by atoms with Gasteiger partial charge >= 0.3 is 0 Å². The van der Waals surface area contributed by atoms with Gasteiger partial charge < -0.3 is 15.0 Å². The van der Waals surface area contributed by atoms with Crippen molar-refractivity contribution in [1.29, 1.82) is 0 Å². The summed E-state index contributed by atoms with van der Waals surface area (Å²) in [6.07, 6.45) is 0. The number of benzene rings is 2. The minimum Gasteiger partial charge on any atom is -0.378 e. The van der Waals surface area contributed by atoms with Crippen molar-refractivity contribution in [1.82, 2.24) is 5.32 Å². The lowest BCUT2D eigenvalue weighted by Crippen LogP contribution is -2.37. The molecule has 26 heavy (non-hydrogen) atoms. The van der Waals surface area contributed by atoms with Gasteiger partial charge in [-0.3, -0.25) is 4.79 Å². The van der Waals surface area contributed by atoms with Gasteiger partial charge in [0.15, 0.2) is 0 Å². The number of hydrogen-bond acceptors (Lipinski definition) is 3. The molecule has 0 bridgehead atoms. The number of nitrogens with zero attached hydrogens (tertiary/aromatic N) is 1. The summed E-state index contributed by atoms with van der Waals surface area (Å²) < 4.78 is 19.4. The maximum Gasteiger partial charge on any atom is 0.251 e. The number of amides is 1. The highest BCUT2D eigenvalue weighted by Gasteiger charge is 2.24. The van der Waals surface area contributed by atoms with Crippen LogP contribution in [-0.4, -0.2) is 38.8 Å². The number of rotatable bonds is 5. The molecule has 1 N–H and O–H groups in total. The van der Waals surface area contributed by atoms with Crippen LogP contribution in [0.4, 0.5) is 10.1 Å². The Balaban J connectivity index is 1.62. The van der Waals surface area contributed by atoms with E-state index in [9.17, 15) is 9.18 Å². The normalized spacial score (nSPS) is 15.0. The van der Waals surface area contributed by atoms with Gasteiger partial charge in [0, 0.05) is 36.3 Å². The van der Waals surface area contributed by atoms with Gasteiger partial charge in [-0.05, 0) is 35.9 Å². The number of ether oxygens (including phenoxy) is 1. The summed E-state index contributed by atoms with van der Waals surface area (Å²) in [5.74, 6) is -0.399. The zero-order chi connectivity index (χ0) is 18.6. The quantitative estimate of drug-likeness (QED) is 0.893. The predicted octanol–water partition coefficient (Wildman–Crippen LogP) is 3.37. The van der Waals surface area contributed by atoms with Crippen LogP contribution in [0.1, 0.15) is 29.8 Å². The summed E-state index contributed by atoms with van der Waals surface area (Å²) in [6, 6.07) is 14.3. The van der Waals surface area contributed by atoms with Gasteiger partial charge in [0.25, 0.3) is 5.91 Å². The van der Waals surface area contributed by atoms with Gasteiger partial charge in [0.05, 0.1) is 13.2 Å². The molecule has 4 nitrogen and oxygen atoms in total. The molecule has 0 aliphatic carbocycles. The lowest BCUT2D eigenvalue weighted by Gasteiger charge is -2.29. The summed E-state index contributed by atoms with van der Waals surface area (Å²) >= 11 is 0. The Kier molecular flexibility index (Phi) is 5.57. The third kappa shape index (κ3) is 4.22. The molecular weight excluding hydrogens is 331 g/mol. The second-order valence-electron chi connectivity index (χ2n) is 7.19. The minimum atomic E-state index is -0.491. The van der Waals surface area contributed by atoms with Gasteiger partial charge in [0.2, 0.25) is 0 Å². The minimum absolute atomic E-state index is 0.150. The monoisotopic (exact) mass is 356 g/mol. The first-order valence-corrected chi connectivity index (χ1v) is 8.93. The van der Waals surface area contributed by atoms with Gasteiger partial charge in [-0.2, -0.15) is 0 Å². The van der Waals surface area contributed by atoms with Crippen molar-refractivity contribution < 1.29 is 13.9 Å². The number of hydrogen-bond donors (Lipinski definition) is 1. The SMILES string of the molecule is CC(C)(CNC(=O)c1ccc(N2CCOCC2)cc1)c1ccccc1F. The van der Waals surface area contributed by atoms with E-state index in [2.05, 4.69) is 10.2 Å². The maximum atomic E-state index is 14.0. The first-order chi connectivity index (χ1) is 12.5. The lowest BCUT2D eigenvalue weighted by atomic mass is 9.84. The molecule has 0 atom stereocenters. The van der Waals surface area contributed by atoms with Gasteiger partial charge in [0.1, 0.15) is 5.82 Å². The largest absolute Gasteiger partial charge is 0.378 e. The third-order valence-corrected chi connectivity index (χ3v) is 4.80. The highest BCUT2D eigenvalue weighted by molar-refractivity contribution is 5.94. The van der Waals surface area contributed by atoms with E-state index >= 15 is 0 Å². The number of halogens is 1. The molecule has 0 saturated carbocycles. The van der Waals surface area contributed by atoms with Crippen LogP contribution in [0.3, 0.4) is 0 Å². The van der Waals surface area contributed by atoms with Crippen LogP contribution in [0.25, 0.3) is 0 Å². The number of carbonyl (C=O) groups excluding carboxylic acids is 1. The van der Waals surface area contributed by atoms with Gasteiger partial charge in [-0.15, -0.1) is 0 Å². The van der Waals surface area contributed by atoms with Crippen molar-refractivity contribution in [2.75, 3.05) is 37.7 Å². The van der Waals surface area contributed by atoms with Crippen LogP contribution in [-0.2, 0) is 10.2 Å². The smallest absolute Gasteiger partial charge is 0.251 e. The molecule has 1 heterocycles. The van der Waals surface area contributed by atoms with E-state index in [1.165, 1.54) is 6.07 Å². The Morgan fingerprint density at radius 2 is 1.77 bits per heavy atom. The van der Waals surface area contributed by atoms with E-state index in [4.69, 9.17) is 4.74 Å². The highest BCUT2D eigenvalue weighted by Crippen LogP contribution is 2.25. The molecule has 1 aliphatic heterocycles. The van der Waals surface area contributed by atoms with Crippen molar-refractivity contribution in [2.45, 2.75) is 19.3 Å². The van der Waals surface area contributed by atoms with E-state index in [1.54, 1.807) is 12.1 Å². The van der Waals surface area contributed by atoms with E-state index < -0.39 is 5.41 Å². The molecule has 2 aromatic carbocycles. The highest BCUT2D eigenvalue weighted by atomic mass is 19.1. The Bertz CT molecular complexity index is 753. The average molecular weight is 356 g/mol. The standard InChI is InChI=1S/C21H25FN2O2/c1-21(2,18-5-3-4-6-19(18)22)15-23-20(25)16-7-9-17(10-8-16)24-11-13-26-14-12-24/h3-10H,11-15H2,1-2H3,(H,23,25). The number of nitrogens with one attached hydrogen (secondary N) is 1. The molecule has 1 fully saturated rings. The van der Waals surface area contributed by atoms with E-state index in [0.717, 1.165) is 32.0 Å². The first kappa shape index (κ1) is 18.4. The summed E-state index contributed by atoms with van der Waals surface area (Å²) in [7, 11) is 0. The third-order valence-electron chi connectivity index (χ3n) is 4.80. The zero-order valence-electron chi connectivity index (χ0n) is 15.3. The Hall–Kier alpha value is -2.40. The van der Waals surface area contributed by atoms with Crippen molar-refractivity contribution in [3.8, 4) is 0 Å². The molecular formula is C21H25FN2O2. The topological polar surface area (TPSA) is 41.6 Å². The Labute approximate surface area is 154 Å². The van der Waals surface area contributed by atoms with Crippen LogP contribution in [0.15, 0.2) is 48.5 Å². The molecule has 3 rings (SSSR count). The van der Waals surface area contributed by atoms with Crippen LogP contribution in [0.2, 0.25) is 0 Å². The summed E-state index contributed by atoms with van der Waals surface area (Å²) in [4.78, 5) is 14.7. The van der Waals surface area contributed by atoms with E-state index in [0.29, 0.717) is 17.7 Å². The second-order valence-corrected chi connectivity index (χ2v) is 7.19. The Morgan fingerprint density at radius 1 is 1.12 bits per heavy atom. The van der Waals surface area contributed by atoms with Crippen molar-refractivity contribution in [3.63, 3.8) is 0 Å². The molecule has 0 unspecified atom stereocenters. The predicted molar refractivity (Wildman–Crippen MR) is 101 cm³/mol. The number of morpholine rings is 1. The maximum absolute atomic E-state index is 14.0. The molecule has 1 saturated heterocycles. The molecule has 0 radical (unpaired) electrons. The summed E-state index contributed by atoms with van der Waals surface area (Å²) in [6.45, 7) is 7.39. The van der Waals surface area contributed by atoms with Crippen molar-refractivity contribution in [2.24, 2.45) is 0 Å². The number of anilines is 1. The fraction of sp³-hybridized carbons (Fsp3) is 0.381. The second kappa shape index (κ2) is 7.87. The summed E-state index contributed by atoms with van der Waals surface area (Å²) in [5, 5.41) is 2.92. The van der Waals surface area contributed by atoms with Crippen molar-refractivity contribution >= 4 is 11.6 Å². The van der Waals surface area contributed by atoms with E-state index in [-0.39, 0.29) is 11.7 Å². The Morgan fingerprint density at radius 3 is 2.42 bits per heavy atom. The van der Waals surface area contributed by atoms with Crippen LogP contribution in [0.5, 0.6) is 0 Å². The molecule has 138 valence electrons. The number of carbonyl (C=O) groups is 1. The summed E-state index contributed by atoms with van der Waals surface area (Å²) in [5.41, 5.74) is 1.81. The molecule has 5 heteroatoms. The van der Waals surface area contributed by atoms with Gasteiger partial charge in [-0.25, -0.2) is 4.39 Å². The van der Waals surface area contributed by atoms with Crippen LogP contribution < -0.4 is 10.2 Å². The molecule has 1 amide bonds. The molecule has 0 spiro atoms.